The lowest BCUT2D eigenvalue weighted by Crippen LogP contribution is -2.54. The molecular weight excluding hydrogens is 270 g/mol. The number of fused-ring (bicyclic) bond motifs is 2. The minimum Gasteiger partial charge on any atom is -0.373 e. The topological polar surface area (TPSA) is 84.7 Å². The zero-order valence-electron chi connectivity index (χ0n) is 12.6. The fourth-order valence-corrected chi connectivity index (χ4v) is 4.21. The average molecular weight is 295 g/mol. The van der Waals surface area contributed by atoms with Gasteiger partial charge >= 0.3 is 0 Å². The van der Waals surface area contributed by atoms with Crippen LogP contribution >= 0.6 is 0 Å². The number of amides is 2. The summed E-state index contributed by atoms with van der Waals surface area (Å²) < 4.78 is 5.62. The third-order valence-electron chi connectivity index (χ3n) is 5.29. The summed E-state index contributed by atoms with van der Waals surface area (Å²) in [7, 11) is 0. The summed E-state index contributed by atoms with van der Waals surface area (Å²) in [4.78, 5) is 25.7. The van der Waals surface area contributed by atoms with Crippen LogP contribution in [0.5, 0.6) is 0 Å². The van der Waals surface area contributed by atoms with Gasteiger partial charge in [-0.3, -0.25) is 9.59 Å². The number of ether oxygens (including phenoxy) is 1. The van der Waals surface area contributed by atoms with Crippen molar-refractivity contribution in [2.75, 3.05) is 26.2 Å². The molecule has 3 rings (SSSR count). The molecule has 3 N–H and O–H groups in total. The van der Waals surface area contributed by atoms with Crippen molar-refractivity contribution in [1.82, 2.24) is 10.2 Å². The van der Waals surface area contributed by atoms with Crippen LogP contribution in [-0.2, 0) is 14.3 Å². The van der Waals surface area contributed by atoms with Gasteiger partial charge in [0.1, 0.15) is 0 Å². The van der Waals surface area contributed by atoms with Gasteiger partial charge in [0.05, 0.1) is 18.6 Å². The number of rotatable bonds is 3. The van der Waals surface area contributed by atoms with E-state index in [1.54, 1.807) is 0 Å². The Labute approximate surface area is 125 Å². The summed E-state index contributed by atoms with van der Waals surface area (Å²) in [5, 5.41) is 2.75. The van der Waals surface area contributed by atoms with Crippen molar-refractivity contribution >= 4 is 11.8 Å². The molecule has 5 unspecified atom stereocenters. The van der Waals surface area contributed by atoms with Crippen LogP contribution in [0.3, 0.4) is 0 Å². The zero-order chi connectivity index (χ0) is 15.0. The minimum absolute atomic E-state index is 0.00302. The Morgan fingerprint density at radius 3 is 2.76 bits per heavy atom. The third kappa shape index (κ3) is 2.92. The SMILES string of the molecule is CC(=O)NCC1CN(C(=O)C2C3CCC(C3)C2N)CCO1. The first-order valence-electron chi connectivity index (χ1n) is 7.96. The molecule has 0 spiro atoms. The highest BCUT2D eigenvalue weighted by molar-refractivity contribution is 5.80. The van der Waals surface area contributed by atoms with Crippen molar-refractivity contribution in [2.24, 2.45) is 23.5 Å². The number of hydrogen-bond acceptors (Lipinski definition) is 4. The van der Waals surface area contributed by atoms with E-state index >= 15 is 0 Å². The molecule has 2 amide bonds. The first-order valence-corrected chi connectivity index (χ1v) is 7.96. The predicted molar refractivity (Wildman–Crippen MR) is 77.3 cm³/mol. The molecule has 1 saturated heterocycles. The van der Waals surface area contributed by atoms with Gasteiger partial charge in [-0.15, -0.1) is 0 Å². The van der Waals surface area contributed by atoms with Crippen LogP contribution in [0.1, 0.15) is 26.2 Å². The molecule has 118 valence electrons. The minimum atomic E-state index is -0.110. The van der Waals surface area contributed by atoms with Gasteiger partial charge in [-0.25, -0.2) is 0 Å². The molecule has 6 heteroatoms. The smallest absolute Gasteiger partial charge is 0.227 e. The second kappa shape index (κ2) is 5.93. The molecule has 3 aliphatic rings. The Morgan fingerprint density at radius 1 is 1.33 bits per heavy atom. The summed E-state index contributed by atoms with van der Waals surface area (Å²) in [6, 6.07) is 0.0351. The number of hydrogen-bond donors (Lipinski definition) is 2. The molecular formula is C15H25N3O3. The molecule has 21 heavy (non-hydrogen) atoms. The summed E-state index contributed by atoms with van der Waals surface area (Å²) in [5.41, 5.74) is 6.27. The molecule has 1 heterocycles. The molecule has 5 atom stereocenters. The van der Waals surface area contributed by atoms with E-state index in [1.165, 1.54) is 13.3 Å². The van der Waals surface area contributed by atoms with Crippen LogP contribution in [0.4, 0.5) is 0 Å². The van der Waals surface area contributed by atoms with Crippen LogP contribution in [-0.4, -0.2) is 55.1 Å². The van der Waals surface area contributed by atoms with Gasteiger partial charge in [-0.05, 0) is 31.1 Å². The fourth-order valence-electron chi connectivity index (χ4n) is 4.21. The fraction of sp³-hybridized carbons (Fsp3) is 0.867. The number of nitrogens with two attached hydrogens (primary N) is 1. The first-order chi connectivity index (χ1) is 10.1. The molecule has 1 aliphatic heterocycles. The lowest BCUT2D eigenvalue weighted by molar-refractivity contribution is -0.145. The van der Waals surface area contributed by atoms with Gasteiger partial charge in [0.15, 0.2) is 0 Å². The van der Waals surface area contributed by atoms with E-state index in [9.17, 15) is 9.59 Å². The maximum absolute atomic E-state index is 12.8. The van der Waals surface area contributed by atoms with Gasteiger partial charge in [-0.2, -0.15) is 0 Å². The van der Waals surface area contributed by atoms with Gasteiger partial charge in [0.2, 0.25) is 11.8 Å². The summed E-state index contributed by atoms with van der Waals surface area (Å²) in [6.45, 7) is 3.67. The molecule has 0 radical (unpaired) electrons. The largest absolute Gasteiger partial charge is 0.373 e. The highest BCUT2D eigenvalue weighted by atomic mass is 16.5. The highest BCUT2D eigenvalue weighted by Crippen LogP contribution is 2.48. The van der Waals surface area contributed by atoms with Crippen molar-refractivity contribution in [3.05, 3.63) is 0 Å². The molecule has 6 nitrogen and oxygen atoms in total. The van der Waals surface area contributed by atoms with E-state index in [1.807, 2.05) is 4.90 Å². The van der Waals surface area contributed by atoms with Crippen LogP contribution in [0, 0.1) is 17.8 Å². The van der Waals surface area contributed by atoms with Crippen molar-refractivity contribution < 1.29 is 14.3 Å². The number of nitrogens with one attached hydrogen (secondary N) is 1. The molecule has 0 aromatic rings. The zero-order valence-corrected chi connectivity index (χ0v) is 12.6. The highest BCUT2D eigenvalue weighted by Gasteiger charge is 2.50. The molecule has 2 saturated carbocycles. The van der Waals surface area contributed by atoms with E-state index < -0.39 is 0 Å². The lowest BCUT2D eigenvalue weighted by Gasteiger charge is -2.37. The molecule has 3 fully saturated rings. The maximum atomic E-state index is 12.8. The number of carbonyl (C=O) groups is 2. The second-order valence-corrected chi connectivity index (χ2v) is 6.65. The summed E-state index contributed by atoms with van der Waals surface area (Å²) in [5.74, 6) is 1.15. The monoisotopic (exact) mass is 295 g/mol. The van der Waals surface area contributed by atoms with Crippen molar-refractivity contribution in [3.8, 4) is 0 Å². The van der Waals surface area contributed by atoms with Gasteiger partial charge in [0.25, 0.3) is 0 Å². The quantitative estimate of drug-likeness (QED) is 0.750. The predicted octanol–water partition coefficient (Wildman–Crippen LogP) is -0.277. The molecule has 0 aromatic carbocycles. The normalized spacial score (nSPS) is 38.6. The second-order valence-electron chi connectivity index (χ2n) is 6.65. The van der Waals surface area contributed by atoms with E-state index in [4.69, 9.17) is 10.5 Å². The Balaban J connectivity index is 1.58. The van der Waals surface area contributed by atoms with Crippen LogP contribution in [0.25, 0.3) is 0 Å². The number of carbonyl (C=O) groups excluding carboxylic acids is 2. The Bertz CT molecular complexity index is 426. The lowest BCUT2D eigenvalue weighted by atomic mass is 9.84. The summed E-state index contributed by atoms with van der Waals surface area (Å²) >= 11 is 0. The standard InChI is InChI=1S/C15H25N3O3/c1-9(19)17-7-12-8-18(4-5-21-12)15(20)13-10-2-3-11(6-10)14(13)16/h10-14H,2-8,16H2,1H3,(H,17,19). The van der Waals surface area contributed by atoms with Crippen LogP contribution in [0.15, 0.2) is 0 Å². The Kier molecular flexibility index (Phi) is 4.17. The van der Waals surface area contributed by atoms with Gasteiger partial charge in [-0.1, -0.05) is 0 Å². The number of nitrogens with zero attached hydrogens (tertiary/aromatic N) is 1. The van der Waals surface area contributed by atoms with Gasteiger partial charge < -0.3 is 20.7 Å². The third-order valence-corrected chi connectivity index (χ3v) is 5.29. The molecule has 2 aliphatic carbocycles. The van der Waals surface area contributed by atoms with Gasteiger partial charge in [0, 0.05) is 32.6 Å². The van der Waals surface area contributed by atoms with Crippen molar-refractivity contribution in [1.29, 1.82) is 0 Å². The average Bonchev–Trinajstić information content (AvgIpc) is 3.05. The van der Waals surface area contributed by atoms with E-state index in [2.05, 4.69) is 5.32 Å². The van der Waals surface area contributed by atoms with E-state index in [0.29, 0.717) is 38.1 Å². The van der Waals surface area contributed by atoms with Crippen LogP contribution < -0.4 is 11.1 Å². The van der Waals surface area contributed by atoms with E-state index in [0.717, 1.165) is 12.8 Å². The molecule has 0 aromatic heterocycles. The first kappa shape index (κ1) is 14.8. The van der Waals surface area contributed by atoms with Crippen molar-refractivity contribution in [3.63, 3.8) is 0 Å². The maximum Gasteiger partial charge on any atom is 0.227 e. The van der Waals surface area contributed by atoms with Crippen molar-refractivity contribution in [2.45, 2.75) is 38.3 Å². The Hall–Kier alpha value is -1.14. The molecule has 2 bridgehead atoms. The van der Waals surface area contributed by atoms with E-state index in [-0.39, 0.29) is 29.9 Å². The summed E-state index contributed by atoms with van der Waals surface area (Å²) in [6.07, 6.45) is 3.34. The number of morpholine rings is 1. The van der Waals surface area contributed by atoms with Crippen LogP contribution in [0.2, 0.25) is 0 Å². The Morgan fingerprint density at radius 2 is 2.10 bits per heavy atom.